The lowest BCUT2D eigenvalue weighted by Crippen LogP contribution is -2.43. The van der Waals surface area contributed by atoms with Gasteiger partial charge in [-0.25, -0.2) is 4.68 Å². The van der Waals surface area contributed by atoms with Gasteiger partial charge in [-0.05, 0) is 6.92 Å². The van der Waals surface area contributed by atoms with E-state index in [1.165, 1.54) is 12.3 Å². The van der Waals surface area contributed by atoms with Crippen molar-refractivity contribution in [3.63, 3.8) is 0 Å². The molecule has 8 nitrogen and oxygen atoms in total. The lowest BCUT2D eigenvalue weighted by atomic mass is 10.4. The number of carbonyl (C=O) groups is 1. The normalized spacial score (nSPS) is 16.6. The van der Waals surface area contributed by atoms with Gasteiger partial charge in [-0.1, -0.05) is 0 Å². The van der Waals surface area contributed by atoms with Gasteiger partial charge < -0.3 is 20.1 Å². The molecular formula is C13H20N4O4. The molecule has 2 rings (SSSR count). The summed E-state index contributed by atoms with van der Waals surface area (Å²) in [5.74, 6) is 0.213. The number of rotatable bonds is 5. The van der Waals surface area contributed by atoms with Crippen molar-refractivity contribution in [2.24, 2.45) is 5.73 Å². The van der Waals surface area contributed by atoms with E-state index in [0.717, 1.165) is 4.68 Å². The summed E-state index contributed by atoms with van der Waals surface area (Å²) in [6.07, 6.45) is 1.41. The number of hydrogen-bond donors (Lipinski definition) is 1. The van der Waals surface area contributed by atoms with Gasteiger partial charge in [0, 0.05) is 25.2 Å². The zero-order valence-electron chi connectivity index (χ0n) is 12.0. The Morgan fingerprint density at radius 1 is 1.52 bits per heavy atom. The van der Waals surface area contributed by atoms with Crippen LogP contribution in [-0.4, -0.2) is 59.5 Å². The van der Waals surface area contributed by atoms with Gasteiger partial charge in [-0.15, -0.1) is 0 Å². The highest BCUT2D eigenvalue weighted by molar-refractivity contribution is 5.75. The maximum absolute atomic E-state index is 12.0. The first-order chi connectivity index (χ1) is 10.1. The summed E-state index contributed by atoms with van der Waals surface area (Å²) < 4.78 is 11.6. The Labute approximate surface area is 122 Å². The Hall–Kier alpha value is -1.93. The molecule has 8 heteroatoms. The van der Waals surface area contributed by atoms with Crippen molar-refractivity contribution in [2.45, 2.75) is 19.5 Å². The van der Waals surface area contributed by atoms with Crippen LogP contribution in [-0.2, 0) is 16.1 Å². The number of carbonyl (C=O) groups excluding carboxylic acids is 1. The minimum atomic E-state index is -0.376. The van der Waals surface area contributed by atoms with Crippen LogP contribution >= 0.6 is 0 Å². The molecule has 0 radical (unpaired) electrons. The van der Waals surface area contributed by atoms with Gasteiger partial charge in [0.05, 0.1) is 19.4 Å². The molecule has 0 aliphatic carbocycles. The molecule has 0 aromatic carbocycles. The van der Waals surface area contributed by atoms with Crippen molar-refractivity contribution >= 4 is 5.91 Å². The van der Waals surface area contributed by atoms with Crippen LogP contribution < -0.4 is 16.0 Å². The fourth-order valence-electron chi connectivity index (χ4n) is 1.88. The molecular weight excluding hydrogens is 276 g/mol. The highest BCUT2D eigenvalue weighted by Gasteiger charge is 2.18. The summed E-state index contributed by atoms with van der Waals surface area (Å²) in [6, 6.07) is 1.18. The predicted molar refractivity (Wildman–Crippen MR) is 75.0 cm³/mol. The smallest absolute Gasteiger partial charge is 0.270 e. The summed E-state index contributed by atoms with van der Waals surface area (Å²) in [7, 11) is 0. The van der Waals surface area contributed by atoms with E-state index in [9.17, 15) is 9.59 Å². The minimum Gasteiger partial charge on any atom is -0.490 e. The Morgan fingerprint density at radius 2 is 2.24 bits per heavy atom. The topological polar surface area (TPSA) is 99.7 Å². The monoisotopic (exact) mass is 296 g/mol. The van der Waals surface area contributed by atoms with Gasteiger partial charge in [0.1, 0.15) is 18.9 Å². The van der Waals surface area contributed by atoms with Gasteiger partial charge >= 0.3 is 0 Å². The van der Waals surface area contributed by atoms with Crippen molar-refractivity contribution < 1.29 is 14.3 Å². The fourth-order valence-corrected chi connectivity index (χ4v) is 1.88. The first-order valence-electron chi connectivity index (χ1n) is 6.87. The molecule has 1 aliphatic rings. The van der Waals surface area contributed by atoms with Gasteiger partial charge in [0.25, 0.3) is 5.56 Å². The number of amides is 1. The molecule has 116 valence electrons. The standard InChI is InChI=1S/C13H20N4O4/c1-10(14)9-21-11-6-12(18)17(15-7-11)8-13(19)16-2-4-20-5-3-16/h6-7,10H,2-5,8-9,14H2,1H3. The third-order valence-electron chi connectivity index (χ3n) is 3.01. The molecule has 1 aliphatic heterocycles. The minimum absolute atomic E-state index is 0.0770. The maximum atomic E-state index is 12.0. The number of hydrogen-bond acceptors (Lipinski definition) is 6. The van der Waals surface area contributed by atoms with Gasteiger partial charge in [-0.3, -0.25) is 9.59 Å². The van der Waals surface area contributed by atoms with Crippen LogP contribution in [0.3, 0.4) is 0 Å². The van der Waals surface area contributed by atoms with Gasteiger partial charge in [0.15, 0.2) is 0 Å². The van der Waals surface area contributed by atoms with Crippen LogP contribution in [0, 0.1) is 0 Å². The average Bonchev–Trinajstić information content (AvgIpc) is 2.48. The van der Waals surface area contributed by atoms with Crippen LogP contribution in [0.1, 0.15) is 6.92 Å². The lowest BCUT2D eigenvalue weighted by molar-refractivity contribution is -0.136. The van der Waals surface area contributed by atoms with Gasteiger partial charge in [0.2, 0.25) is 5.91 Å². The Kier molecular flexibility index (Phi) is 5.29. The SMILES string of the molecule is CC(N)COc1cnn(CC(=O)N2CCOCC2)c(=O)c1. The highest BCUT2D eigenvalue weighted by atomic mass is 16.5. The largest absolute Gasteiger partial charge is 0.490 e. The Morgan fingerprint density at radius 3 is 2.86 bits per heavy atom. The summed E-state index contributed by atoms with van der Waals surface area (Å²) in [4.78, 5) is 25.6. The first kappa shape index (κ1) is 15.5. The van der Waals surface area contributed by atoms with Crippen molar-refractivity contribution in [1.29, 1.82) is 0 Å². The van der Waals surface area contributed by atoms with E-state index in [1.54, 1.807) is 11.8 Å². The molecule has 1 amide bonds. The summed E-state index contributed by atoms with van der Waals surface area (Å²) >= 11 is 0. The quantitative estimate of drug-likeness (QED) is 0.735. The van der Waals surface area contributed by atoms with E-state index in [4.69, 9.17) is 15.2 Å². The molecule has 0 saturated carbocycles. The molecule has 0 bridgehead atoms. The first-order valence-corrected chi connectivity index (χ1v) is 6.87. The number of aromatic nitrogens is 2. The molecule has 1 atom stereocenters. The van der Waals surface area contributed by atoms with Crippen LogP contribution in [0.5, 0.6) is 5.75 Å². The van der Waals surface area contributed by atoms with Crippen LogP contribution in [0.25, 0.3) is 0 Å². The second-order valence-corrected chi connectivity index (χ2v) is 4.97. The molecule has 1 aromatic heterocycles. The summed E-state index contributed by atoms with van der Waals surface area (Å²) in [5.41, 5.74) is 5.19. The van der Waals surface area contributed by atoms with Crippen molar-refractivity contribution in [3.8, 4) is 5.75 Å². The average molecular weight is 296 g/mol. The van der Waals surface area contributed by atoms with Crippen LogP contribution in [0.4, 0.5) is 0 Å². The molecule has 1 unspecified atom stereocenters. The third-order valence-corrected chi connectivity index (χ3v) is 3.01. The van der Waals surface area contributed by atoms with Crippen LogP contribution in [0.15, 0.2) is 17.1 Å². The lowest BCUT2D eigenvalue weighted by Gasteiger charge is -2.26. The van der Waals surface area contributed by atoms with E-state index in [0.29, 0.717) is 38.7 Å². The predicted octanol–water partition coefficient (Wildman–Crippen LogP) is -1.17. The molecule has 0 spiro atoms. The maximum Gasteiger partial charge on any atom is 0.270 e. The highest BCUT2D eigenvalue weighted by Crippen LogP contribution is 2.04. The van der Waals surface area contributed by atoms with E-state index >= 15 is 0 Å². The van der Waals surface area contributed by atoms with Gasteiger partial charge in [-0.2, -0.15) is 5.10 Å². The second kappa shape index (κ2) is 7.19. The number of nitrogens with zero attached hydrogens (tertiary/aromatic N) is 3. The number of nitrogens with two attached hydrogens (primary N) is 1. The van der Waals surface area contributed by atoms with Crippen molar-refractivity contribution in [3.05, 3.63) is 22.6 Å². The third kappa shape index (κ3) is 4.54. The molecule has 1 aromatic rings. The zero-order valence-corrected chi connectivity index (χ0v) is 12.0. The molecule has 1 fully saturated rings. The number of morpholine rings is 1. The van der Waals surface area contributed by atoms with Crippen molar-refractivity contribution in [1.82, 2.24) is 14.7 Å². The Bertz CT molecular complexity index is 537. The van der Waals surface area contributed by atoms with E-state index in [-0.39, 0.29) is 24.1 Å². The zero-order chi connectivity index (χ0) is 15.2. The number of ether oxygens (including phenoxy) is 2. The Balaban J connectivity index is 1.97. The summed E-state index contributed by atoms with van der Waals surface area (Å²) in [5, 5.41) is 3.95. The molecule has 1 saturated heterocycles. The van der Waals surface area contributed by atoms with E-state index < -0.39 is 0 Å². The van der Waals surface area contributed by atoms with E-state index in [1.807, 2.05) is 0 Å². The molecule has 21 heavy (non-hydrogen) atoms. The molecule has 2 heterocycles. The van der Waals surface area contributed by atoms with E-state index in [2.05, 4.69) is 5.10 Å². The van der Waals surface area contributed by atoms with Crippen molar-refractivity contribution in [2.75, 3.05) is 32.9 Å². The fraction of sp³-hybridized carbons (Fsp3) is 0.615. The second-order valence-electron chi connectivity index (χ2n) is 4.97. The van der Waals surface area contributed by atoms with Crippen LogP contribution in [0.2, 0.25) is 0 Å². The molecule has 2 N–H and O–H groups in total. The summed E-state index contributed by atoms with van der Waals surface area (Å²) in [6.45, 7) is 4.17.